The summed E-state index contributed by atoms with van der Waals surface area (Å²) >= 11 is 0. The number of anilines is 6. The molecule has 0 aromatic heterocycles. The van der Waals surface area contributed by atoms with E-state index in [2.05, 4.69) is 278 Å². The van der Waals surface area contributed by atoms with Gasteiger partial charge in [0.2, 0.25) is 0 Å². The summed E-state index contributed by atoms with van der Waals surface area (Å²) in [5.41, 5.74) is 18.9. The molecule has 0 saturated carbocycles. The molecule has 0 atom stereocenters. The Kier molecular flexibility index (Phi) is 10.8. The summed E-state index contributed by atoms with van der Waals surface area (Å²) in [5, 5.41) is 4.96. The van der Waals surface area contributed by atoms with Crippen molar-refractivity contribution >= 4 is 55.7 Å². The second-order valence-corrected chi connectivity index (χ2v) is 17.0. The van der Waals surface area contributed by atoms with Crippen molar-refractivity contribution in [3.05, 3.63) is 266 Å². The number of para-hydroxylation sites is 4. The van der Waals surface area contributed by atoms with Crippen LogP contribution < -0.4 is 9.80 Å². The first kappa shape index (κ1) is 40.3. The molecule has 0 unspecified atom stereocenters. The predicted octanol–water partition coefficient (Wildman–Crippen LogP) is 18.2. The Morgan fingerprint density at radius 2 is 0.500 bits per heavy atom. The lowest BCUT2D eigenvalue weighted by Gasteiger charge is -2.25. The molecule has 66 heavy (non-hydrogen) atoms. The van der Waals surface area contributed by atoms with Gasteiger partial charge in [-0.2, -0.15) is 0 Å². The molecule has 0 aliphatic heterocycles. The molecule has 0 aliphatic carbocycles. The van der Waals surface area contributed by atoms with Gasteiger partial charge in [-0.25, -0.2) is 0 Å². The van der Waals surface area contributed by atoms with Crippen molar-refractivity contribution in [2.24, 2.45) is 0 Å². The van der Waals surface area contributed by atoms with E-state index >= 15 is 0 Å². The van der Waals surface area contributed by atoms with Gasteiger partial charge >= 0.3 is 0 Å². The van der Waals surface area contributed by atoms with E-state index in [0.29, 0.717) is 0 Å². The monoisotopic (exact) mass is 844 g/mol. The molecule has 0 fully saturated rings. The Balaban J connectivity index is 1.07. The predicted molar refractivity (Wildman–Crippen MR) is 282 cm³/mol. The van der Waals surface area contributed by atoms with E-state index in [1.165, 1.54) is 77.2 Å². The molecule has 0 amide bonds. The van der Waals surface area contributed by atoms with Gasteiger partial charge in [-0.3, -0.25) is 0 Å². The number of aryl methyl sites for hydroxylation is 2. The number of hydrogen-bond donors (Lipinski definition) is 0. The first-order chi connectivity index (χ1) is 32.6. The van der Waals surface area contributed by atoms with E-state index < -0.39 is 0 Å². The molecule has 0 radical (unpaired) electrons. The zero-order chi connectivity index (χ0) is 44.4. The zero-order valence-corrected chi connectivity index (χ0v) is 37.1. The Morgan fingerprint density at radius 3 is 0.818 bits per heavy atom. The van der Waals surface area contributed by atoms with Crippen molar-refractivity contribution < 1.29 is 0 Å². The molecule has 0 saturated heterocycles. The second kappa shape index (κ2) is 17.6. The molecule has 0 spiro atoms. The summed E-state index contributed by atoms with van der Waals surface area (Å²) in [6.45, 7) is 4.47. The van der Waals surface area contributed by atoms with Crippen LogP contribution in [0.5, 0.6) is 0 Å². The fourth-order valence-corrected chi connectivity index (χ4v) is 9.68. The number of nitrogens with zero attached hydrogens (tertiary/aromatic N) is 2. The fourth-order valence-electron chi connectivity index (χ4n) is 9.68. The quantitative estimate of drug-likeness (QED) is 0.127. The summed E-state index contributed by atoms with van der Waals surface area (Å²) < 4.78 is 0. The number of fused-ring (bicyclic) bond motifs is 2. The molecule has 314 valence electrons. The maximum atomic E-state index is 2.43. The number of benzene rings is 11. The third kappa shape index (κ3) is 7.59. The highest BCUT2D eigenvalue weighted by Gasteiger charge is 2.21. The largest absolute Gasteiger partial charge is 0.311 e. The van der Waals surface area contributed by atoms with Crippen LogP contribution >= 0.6 is 0 Å². The Labute approximate surface area is 388 Å². The number of rotatable bonds is 10. The molecule has 0 bridgehead atoms. The lowest BCUT2D eigenvalue weighted by molar-refractivity contribution is 1.28. The molecule has 11 aromatic carbocycles. The van der Waals surface area contributed by atoms with Gasteiger partial charge in [-0.05, 0) is 176 Å². The van der Waals surface area contributed by atoms with E-state index in [0.717, 1.165) is 34.1 Å². The SMILES string of the molecule is Cc1ccccc1-c1c2ccc(-c3ccc(N(c4ccccc4)c4ccccc4)cc3)cc2c(-c2ccccc2C)c2ccc(-c3ccc(N(c4ccccc4)c4ccccc4)cc3)cc12. The van der Waals surface area contributed by atoms with E-state index in [9.17, 15) is 0 Å². The second-order valence-electron chi connectivity index (χ2n) is 17.0. The molecule has 0 N–H and O–H groups in total. The van der Waals surface area contributed by atoms with E-state index in [4.69, 9.17) is 0 Å². The standard InChI is InChI=1S/C64H48N2/c1-45-19-15-17-29-57(45)63-59-41-35-50(48-33-39-56(40-34-48)66(53-25-11-5-12-26-53)54-27-13-6-14-28-54)44-62(59)64(58-30-18-16-20-46(58)2)60-42-36-49(43-61(60)63)47-31-37-55(38-32-47)65(51-21-7-3-8-22-51)52-23-9-4-10-24-52/h3-44H,1-2H3. The highest BCUT2D eigenvalue weighted by atomic mass is 15.1. The van der Waals surface area contributed by atoms with E-state index in [1.54, 1.807) is 0 Å². The van der Waals surface area contributed by atoms with Gasteiger partial charge in [-0.1, -0.05) is 170 Å². The lowest BCUT2D eigenvalue weighted by Crippen LogP contribution is -2.09. The van der Waals surface area contributed by atoms with Crippen molar-refractivity contribution in [1.82, 2.24) is 0 Å². The van der Waals surface area contributed by atoms with Crippen LogP contribution in [-0.2, 0) is 0 Å². The van der Waals surface area contributed by atoms with E-state index in [1.807, 2.05) is 0 Å². The maximum absolute atomic E-state index is 2.43. The molecule has 11 rings (SSSR count). The van der Waals surface area contributed by atoms with Crippen molar-refractivity contribution in [3.8, 4) is 44.5 Å². The van der Waals surface area contributed by atoms with Crippen LogP contribution in [0.15, 0.2) is 255 Å². The minimum atomic E-state index is 1.11. The summed E-state index contributed by atoms with van der Waals surface area (Å²) in [6, 6.07) is 92.3. The lowest BCUT2D eigenvalue weighted by atomic mass is 9.82. The van der Waals surface area contributed by atoms with Crippen molar-refractivity contribution in [1.29, 1.82) is 0 Å². The van der Waals surface area contributed by atoms with Crippen molar-refractivity contribution in [3.63, 3.8) is 0 Å². The van der Waals surface area contributed by atoms with Crippen molar-refractivity contribution in [2.45, 2.75) is 13.8 Å². The molecule has 2 heteroatoms. The van der Waals surface area contributed by atoms with Crippen LogP contribution in [-0.4, -0.2) is 0 Å². The minimum Gasteiger partial charge on any atom is -0.311 e. The average Bonchev–Trinajstić information content (AvgIpc) is 3.38. The molecule has 11 aromatic rings. The maximum Gasteiger partial charge on any atom is 0.0462 e. The first-order valence-electron chi connectivity index (χ1n) is 22.8. The molecule has 0 aliphatic rings. The number of hydrogen-bond acceptors (Lipinski definition) is 2. The Morgan fingerprint density at radius 1 is 0.227 bits per heavy atom. The van der Waals surface area contributed by atoms with E-state index in [-0.39, 0.29) is 0 Å². The molecule has 2 nitrogen and oxygen atoms in total. The van der Waals surface area contributed by atoms with Crippen LogP contribution in [0.25, 0.3) is 66.1 Å². The third-order valence-electron chi connectivity index (χ3n) is 12.9. The van der Waals surface area contributed by atoms with Crippen molar-refractivity contribution in [2.75, 3.05) is 9.80 Å². The smallest absolute Gasteiger partial charge is 0.0462 e. The van der Waals surface area contributed by atoms with Gasteiger partial charge in [0.25, 0.3) is 0 Å². The first-order valence-corrected chi connectivity index (χ1v) is 22.8. The van der Waals surface area contributed by atoms with Crippen LogP contribution in [0.1, 0.15) is 11.1 Å². The summed E-state index contributed by atoms with van der Waals surface area (Å²) in [4.78, 5) is 4.63. The highest BCUT2D eigenvalue weighted by Crippen LogP contribution is 2.48. The van der Waals surface area contributed by atoms with Crippen LogP contribution in [0, 0.1) is 13.8 Å². The van der Waals surface area contributed by atoms with Gasteiger partial charge < -0.3 is 9.80 Å². The summed E-state index contributed by atoms with van der Waals surface area (Å²) in [5.74, 6) is 0. The molecular formula is C64H48N2. The summed E-state index contributed by atoms with van der Waals surface area (Å²) in [7, 11) is 0. The van der Waals surface area contributed by atoms with Gasteiger partial charge in [0.05, 0.1) is 0 Å². The third-order valence-corrected chi connectivity index (χ3v) is 12.9. The Bertz CT molecular complexity index is 3140. The fraction of sp³-hybridized carbons (Fsp3) is 0.0312. The van der Waals surface area contributed by atoms with Gasteiger partial charge in [-0.15, -0.1) is 0 Å². The highest BCUT2D eigenvalue weighted by molar-refractivity contribution is 6.23. The summed E-state index contributed by atoms with van der Waals surface area (Å²) in [6.07, 6.45) is 0. The molecular weight excluding hydrogens is 797 g/mol. The van der Waals surface area contributed by atoms with Crippen LogP contribution in [0.3, 0.4) is 0 Å². The zero-order valence-electron chi connectivity index (χ0n) is 37.1. The van der Waals surface area contributed by atoms with Gasteiger partial charge in [0.1, 0.15) is 0 Å². The minimum absolute atomic E-state index is 1.11. The normalized spacial score (nSPS) is 11.2. The van der Waals surface area contributed by atoms with Gasteiger partial charge in [0, 0.05) is 34.1 Å². The van der Waals surface area contributed by atoms with Gasteiger partial charge in [0.15, 0.2) is 0 Å². The topological polar surface area (TPSA) is 6.48 Å². The Hall–Kier alpha value is -8.46. The molecule has 0 heterocycles. The van der Waals surface area contributed by atoms with Crippen LogP contribution in [0.4, 0.5) is 34.1 Å². The van der Waals surface area contributed by atoms with Crippen LogP contribution in [0.2, 0.25) is 0 Å². The average molecular weight is 845 g/mol.